The van der Waals surface area contributed by atoms with Gasteiger partial charge in [-0.25, -0.2) is 5.43 Å². The van der Waals surface area contributed by atoms with Crippen LogP contribution < -0.4 is 10.2 Å². The number of amides is 1. The van der Waals surface area contributed by atoms with Crippen LogP contribution in [0.25, 0.3) is 0 Å². The molecule has 1 saturated heterocycles. The molecule has 0 spiro atoms. The van der Waals surface area contributed by atoms with Gasteiger partial charge >= 0.3 is 0 Å². The van der Waals surface area contributed by atoms with Crippen molar-refractivity contribution in [3.8, 4) is 11.5 Å². The third kappa shape index (κ3) is 6.07. The minimum Gasteiger partial charge on any atom is -0.507 e. The topological polar surface area (TPSA) is 74.2 Å². The van der Waals surface area contributed by atoms with Crippen molar-refractivity contribution in [2.75, 3.05) is 19.7 Å². The predicted octanol–water partition coefficient (Wildman–Crippen LogP) is 3.67. The number of aromatic hydroxyl groups is 1. The van der Waals surface area contributed by atoms with Gasteiger partial charge in [-0.05, 0) is 56.3 Å². The zero-order chi connectivity index (χ0) is 19.8. The standard InChI is InChI=1S/C21H24BrN3O3/c22-18-8-9-20(17(12-18)14-25-10-4-1-5-11-25)28-15-21(27)24-23-13-16-6-2-3-7-19(16)26/h2-3,6-9,12-13,26H,1,4-5,10-11,14-15H2,(H,24,27)/b23-13+. The maximum atomic E-state index is 12.0. The van der Waals surface area contributed by atoms with Crippen LogP contribution in [-0.4, -0.2) is 41.8 Å². The SMILES string of the molecule is O=C(COc1ccc(Br)cc1CN1CCCCC1)N/N=C/c1ccccc1O. The summed E-state index contributed by atoms with van der Waals surface area (Å²) < 4.78 is 6.73. The number of hydrogen-bond acceptors (Lipinski definition) is 5. The van der Waals surface area contributed by atoms with Gasteiger partial charge in [-0.15, -0.1) is 0 Å². The molecule has 1 heterocycles. The van der Waals surface area contributed by atoms with Gasteiger partial charge in [0.1, 0.15) is 11.5 Å². The number of nitrogens with one attached hydrogen (secondary N) is 1. The second-order valence-corrected chi connectivity index (χ2v) is 7.65. The average Bonchev–Trinajstić information content (AvgIpc) is 2.70. The highest BCUT2D eigenvalue weighted by atomic mass is 79.9. The molecule has 7 heteroatoms. The third-order valence-electron chi connectivity index (χ3n) is 4.55. The Bertz CT molecular complexity index is 835. The van der Waals surface area contributed by atoms with Gasteiger partial charge in [-0.2, -0.15) is 5.10 Å². The van der Waals surface area contributed by atoms with E-state index in [0.29, 0.717) is 11.3 Å². The van der Waals surface area contributed by atoms with Gasteiger partial charge < -0.3 is 9.84 Å². The molecule has 0 saturated carbocycles. The van der Waals surface area contributed by atoms with Crippen LogP contribution in [0.5, 0.6) is 11.5 Å². The Kier molecular flexibility index (Phi) is 7.45. The number of carbonyl (C=O) groups is 1. The van der Waals surface area contributed by atoms with Crippen molar-refractivity contribution in [1.82, 2.24) is 10.3 Å². The Morgan fingerprint density at radius 3 is 2.79 bits per heavy atom. The van der Waals surface area contributed by atoms with E-state index in [1.165, 1.54) is 25.5 Å². The van der Waals surface area contributed by atoms with Gasteiger partial charge in [0, 0.05) is 22.1 Å². The number of rotatable bonds is 7. The molecule has 0 aromatic heterocycles. The van der Waals surface area contributed by atoms with Crippen molar-refractivity contribution in [2.24, 2.45) is 5.10 Å². The summed E-state index contributed by atoms with van der Waals surface area (Å²) in [6.07, 6.45) is 5.14. The summed E-state index contributed by atoms with van der Waals surface area (Å²) in [5.41, 5.74) is 4.00. The van der Waals surface area contributed by atoms with Gasteiger partial charge in [0.05, 0.1) is 6.21 Å². The first-order valence-electron chi connectivity index (χ1n) is 9.35. The minimum atomic E-state index is -0.362. The lowest BCUT2D eigenvalue weighted by Crippen LogP contribution is -2.29. The number of hydrazone groups is 1. The summed E-state index contributed by atoms with van der Waals surface area (Å²) in [5.74, 6) is 0.445. The van der Waals surface area contributed by atoms with Crippen molar-refractivity contribution < 1.29 is 14.6 Å². The second kappa shape index (κ2) is 10.2. The van der Waals surface area contributed by atoms with Crippen LogP contribution in [0.4, 0.5) is 0 Å². The van der Waals surface area contributed by atoms with Crippen LogP contribution in [0.2, 0.25) is 0 Å². The fourth-order valence-electron chi connectivity index (χ4n) is 3.12. The summed E-state index contributed by atoms with van der Waals surface area (Å²) in [4.78, 5) is 14.4. The average molecular weight is 446 g/mol. The Morgan fingerprint density at radius 1 is 1.21 bits per heavy atom. The van der Waals surface area contributed by atoms with Gasteiger partial charge in [0.15, 0.2) is 6.61 Å². The van der Waals surface area contributed by atoms with E-state index in [-0.39, 0.29) is 18.3 Å². The third-order valence-corrected chi connectivity index (χ3v) is 5.05. The number of phenols is 1. The molecule has 2 aromatic rings. The normalized spacial score (nSPS) is 14.9. The van der Waals surface area contributed by atoms with Crippen molar-refractivity contribution >= 4 is 28.1 Å². The zero-order valence-electron chi connectivity index (χ0n) is 15.6. The molecule has 1 aliphatic heterocycles. The highest BCUT2D eigenvalue weighted by molar-refractivity contribution is 9.10. The molecule has 1 aliphatic rings. The summed E-state index contributed by atoms with van der Waals surface area (Å²) in [7, 11) is 0. The number of nitrogens with zero attached hydrogens (tertiary/aromatic N) is 2. The van der Waals surface area contributed by atoms with E-state index in [0.717, 1.165) is 29.7 Å². The fraction of sp³-hybridized carbons (Fsp3) is 0.333. The fourth-order valence-corrected chi connectivity index (χ4v) is 3.53. The number of hydrogen-bond donors (Lipinski definition) is 2. The Hall–Kier alpha value is -2.38. The van der Waals surface area contributed by atoms with Crippen LogP contribution in [0.1, 0.15) is 30.4 Å². The maximum absolute atomic E-state index is 12.0. The highest BCUT2D eigenvalue weighted by Crippen LogP contribution is 2.26. The van der Waals surface area contributed by atoms with Gasteiger partial charge in [0.2, 0.25) is 0 Å². The van der Waals surface area contributed by atoms with E-state index in [1.54, 1.807) is 24.3 Å². The van der Waals surface area contributed by atoms with E-state index in [2.05, 4.69) is 31.4 Å². The lowest BCUT2D eigenvalue weighted by Gasteiger charge is -2.27. The number of carbonyl (C=O) groups excluding carboxylic acids is 1. The zero-order valence-corrected chi connectivity index (χ0v) is 17.2. The van der Waals surface area contributed by atoms with E-state index in [1.807, 2.05) is 18.2 Å². The molecular formula is C21H24BrN3O3. The first-order chi connectivity index (χ1) is 13.6. The summed E-state index contributed by atoms with van der Waals surface area (Å²) in [5, 5.41) is 13.5. The molecule has 6 nitrogen and oxygen atoms in total. The number of ether oxygens (including phenoxy) is 1. The lowest BCUT2D eigenvalue weighted by molar-refractivity contribution is -0.123. The molecule has 28 heavy (non-hydrogen) atoms. The molecule has 0 atom stereocenters. The molecule has 2 N–H and O–H groups in total. The van der Waals surface area contributed by atoms with Crippen LogP contribution in [-0.2, 0) is 11.3 Å². The number of likely N-dealkylation sites (tertiary alicyclic amines) is 1. The van der Waals surface area contributed by atoms with E-state index in [9.17, 15) is 9.90 Å². The molecular weight excluding hydrogens is 422 g/mol. The Labute approximate surface area is 173 Å². The molecule has 1 fully saturated rings. The van der Waals surface area contributed by atoms with Gasteiger partial charge in [0.25, 0.3) is 5.91 Å². The van der Waals surface area contributed by atoms with Crippen molar-refractivity contribution in [2.45, 2.75) is 25.8 Å². The molecule has 2 aromatic carbocycles. The van der Waals surface area contributed by atoms with Crippen molar-refractivity contribution in [3.05, 3.63) is 58.1 Å². The van der Waals surface area contributed by atoms with Crippen molar-refractivity contribution in [3.63, 3.8) is 0 Å². The number of piperidine rings is 1. The largest absolute Gasteiger partial charge is 0.507 e. The molecule has 0 bridgehead atoms. The van der Waals surface area contributed by atoms with Crippen molar-refractivity contribution in [1.29, 1.82) is 0 Å². The van der Waals surface area contributed by atoms with Crippen LogP contribution in [0, 0.1) is 0 Å². The van der Waals surface area contributed by atoms with E-state index in [4.69, 9.17) is 4.74 Å². The number of halogens is 1. The smallest absolute Gasteiger partial charge is 0.277 e. The van der Waals surface area contributed by atoms with Gasteiger partial charge in [-0.1, -0.05) is 34.5 Å². The van der Waals surface area contributed by atoms with Crippen LogP contribution in [0.15, 0.2) is 52.0 Å². The molecule has 1 amide bonds. The van der Waals surface area contributed by atoms with Crippen LogP contribution in [0.3, 0.4) is 0 Å². The summed E-state index contributed by atoms with van der Waals surface area (Å²) >= 11 is 3.51. The minimum absolute atomic E-state index is 0.106. The van der Waals surface area contributed by atoms with E-state index >= 15 is 0 Å². The second-order valence-electron chi connectivity index (χ2n) is 6.73. The number of para-hydroxylation sites is 1. The monoisotopic (exact) mass is 445 g/mol. The first-order valence-corrected chi connectivity index (χ1v) is 10.1. The summed E-state index contributed by atoms with van der Waals surface area (Å²) in [6, 6.07) is 12.6. The number of benzene rings is 2. The molecule has 3 rings (SSSR count). The Balaban J connectivity index is 1.54. The predicted molar refractivity (Wildman–Crippen MR) is 113 cm³/mol. The molecule has 0 aliphatic carbocycles. The lowest BCUT2D eigenvalue weighted by atomic mass is 10.1. The van der Waals surface area contributed by atoms with Crippen LogP contribution >= 0.6 is 15.9 Å². The first kappa shape index (κ1) is 20.4. The molecule has 0 unspecified atom stereocenters. The molecule has 148 valence electrons. The maximum Gasteiger partial charge on any atom is 0.277 e. The summed E-state index contributed by atoms with van der Waals surface area (Å²) in [6.45, 7) is 2.86. The molecule has 0 radical (unpaired) electrons. The Morgan fingerprint density at radius 2 is 2.00 bits per heavy atom. The quantitative estimate of drug-likeness (QED) is 0.503. The van der Waals surface area contributed by atoms with Gasteiger partial charge in [-0.3, -0.25) is 9.69 Å². The highest BCUT2D eigenvalue weighted by Gasteiger charge is 2.14. The number of phenolic OH excluding ortho intramolecular Hbond substituents is 1. The van der Waals surface area contributed by atoms with E-state index < -0.39 is 0 Å².